The quantitative estimate of drug-likeness (QED) is 0.409. The van der Waals surface area contributed by atoms with E-state index in [4.69, 9.17) is 4.74 Å². The van der Waals surface area contributed by atoms with E-state index in [9.17, 15) is 9.59 Å². The summed E-state index contributed by atoms with van der Waals surface area (Å²) >= 11 is 0. The van der Waals surface area contributed by atoms with Crippen molar-refractivity contribution in [2.45, 2.75) is 19.6 Å². The summed E-state index contributed by atoms with van der Waals surface area (Å²) in [6, 6.07) is 0. The Labute approximate surface area is 69.8 Å². The number of carbonyl (C=O) groups excluding carboxylic acids is 2. The number of ether oxygens (including phenoxy) is 1. The molecule has 4 nitrogen and oxygen atoms in total. The van der Waals surface area contributed by atoms with Gasteiger partial charge in [-0.2, -0.15) is 0 Å². The van der Waals surface area contributed by atoms with E-state index in [1.54, 1.807) is 4.90 Å². The lowest BCUT2D eigenvalue weighted by molar-refractivity contribution is -0.153. The highest BCUT2D eigenvalue weighted by atomic mass is 16.5. The van der Waals surface area contributed by atoms with Crippen LogP contribution in [0.4, 0.5) is 0 Å². The average molecular weight is 167 g/mol. The third-order valence-corrected chi connectivity index (χ3v) is 2.00. The maximum Gasteiger partial charge on any atom is 0.231 e. The molecule has 0 saturated carbocycles. The summed E-state index contributed by atoms with van der Waals surface area (Å²) in [7, 11) is 0. The number of allylic oxidation sites excluding steroid dienone is 1. The molecule has 2 rings (SSSR count). The largest absolute Gasteiger partial charge is 0.472 e. The van der Waals surface area contributed by atoms with Gasteiger partial charge in [0.25, 0.3) is 0 Å². The van der Waals surface area contributed by atoms with Gasteiger partial charge < -0.3 is 4.74 Å². The van der Waals surface area contributed by atoms with Crippen LogP contribution in [0.15, 0.2) is 11.8 Å². The summed E-state index contributed by atoms with van der Waals surface area (Å²) in [5, 5.41) is 0. The molecule has 0 bridgehead atoms. The van der Waals surface area contributed by atoms with E-state index in [1.807, 2.05) is 0 Å². The molecule has 0 aromatic rings. The fourth-order valence-corrected chi connectivity index (χ4v) is 1.41. The van der Waals surface area contributed by atoms with Gasteiger partial charge >= 0.3 is 0 Å². The first-order chi connectivity index (χ1) is 5.66. The van der Waals surface area contributed by atoms with Gasteiger partial charge in [-0.15, -0.1) is 0 Å². The molecule has 0 N–H and O–H groups in total. The van der Waals surface area contributed by atoms with Crippen molar-refractivity contribution in [2.75, 3.05) is 6.54 Å². The number of nitrogens with zero attached hydrogens (tertiary/aromatic N) is 1. The molecule has 0 radical (unpaired) electrons. The van der Waals surface area contributed by atoms with E-state index in [1.165, 1.54) is 13.0 Å². The normalized spacial score (nSPS) is 29.8. The zero-order chi connectivity index (χ0) is 8.72. The Morgan fingerprint density at radius 2 is 2.50 bits per heavy atom. The molecule has 1 atom stereocenters. The van der Waals surface area contributed by atoms with E-state index in [2.05, 4.69) is 0 Å². The molecule has 64 valence electrons. The van der Waals surface area contributed by atoms with Crippen molar-refractivity contribution in [2.24, 2.45) is 0 Å². The monoisotopic (exact) mass is 167 g/mol. The molecule has 2 saturated heterocycles. The van der Waals surface area contributed by atoms with Gasteiger partial charge in [0.05, 0.1) is 13.0 Å². The molecule has 2 fully saturated rings. The summed E-state index contributed by atoms with van der Waals surface area (Å²) in [6.07, 6.45) is 1.80. The van der Waals surface area contributed by atoms with Gasteiger partial charge in [-0.3, -0.25) is 14.5 Å². The average Bonchev–Trinajstić information content (AvgIpc) is 2.26. The molecule has 2 heterocycles. The SMILES string of the molecule is CC(=O)/C=C1\CN2C(=O)CC2O1. The van der Waals surface area contributed by atoms with Gasteiger partial charge in [0.2, 0.25) is 5.91 Å². The Kier molecular flexibility index (Phi) is 1.43. The lowest BCUT2D eigenvalue weighted by Crippen LogP contribution is -2.48. The van der Waals surface area contributed by atoms with E-state index in [0.29, 0.717) is 18.7 Å². The van der Waals surface area contributed by atoms with E-state index in [0.717, 1.165) is 0 Å². The van der Waals surface area contributed by atoms with Gasteiger partial charge in [-0.05, 0) is 6.92 Å². The molecule has 0 aliphatic carbocycles. The van der Waals surface area contributed by atoms with Crippen LogP contribution in [0.2, 0.25) is 0 Å². The van der Waals surface area contributed by atoms with Crippen LogP contribution in [-0.2, 0) is 14.3 Å². The summed E-state index contributed by atoms with van der Waals surface area (Å²) < 4.78 is 5.29. The van der Waals surface area contributed by atoms with Crippen molar-refractivity contribution in [1.82, 2.24) is 4.90 Å². The van der Waals surface area contributed by atoms with Crippen LogP contribution >= 0.6 is 0 Å². The number of hydrogen-bond acceptors (Lipinski definition) is 3. The van der Waals surface area contributed by atoms with Gasteiger partial charge in [0.1, 0.15) is 5.76 Å². The molecule has 1 amide bonds. The van der Waals surface area contributed by atoms with Crippen LogP contribution in [-0.4, -0.2) is 29.4 Å². The van der Waals surface area contributed by atoms with Crippen LogP contribution < -0.4 is 0 Å². The number of ketones is 1. The van der Waals surface area contributed by atoms with Crippen molar-refractivity contribution in [3.63, 3.8) is 0 Å². The predicted octanol–water partition coefficient (Wildman–Crippen LogP) is 0.0479. The zero-order valence-electron chi connectivity index (χ0n) is 6.74. The Bertz CT molecular complexity index is 282. The maximum atomic E-state index is 10.9. The molecule has 0 spiro atoms. The minimum Gasteiger partial charge on any atom is -0.472 e. The molecule has 4 heteroatoms. The molecule has 2 aliphatic rings. The minimum atomic E-state index is -0.0944. The van der Waals surface area contributed by atoms with Crippen molar-refractivity contribution >= 4 is 11.7 Å². The fourth-order valence-electron chi connectivity index (χ4n) is 1.41. The summed E-state index contributed by atoms with van der Waals surface area (Å²) in [5.74, 6) is 0.672. The second-order valence-corrected chi connectivity index (χ2v) is 3.02. The van der Waals surface area contributed by atoms with Crippen LogP contribution in [0.3, 0.4) is 0 Å². The molecule has 0 aromatic carbocycles. The smallest absolute Gasteiger partial charge is 0.231 e. The predicted molar refractivity (Wildman–Crippen MR) is 40.0 cm³/mol. The summed E-state index contributed by atoms with van der Waals surface area (Å²) in [6.45, 7) is 1.93. The Hall–Kier alpha value is -1.32. The van der Waals surface area contributed by atoms with Crippen LogP contribution in [0.25, 0.3) is 0 Å². The topological polar surface area (TPSA) is 46.6 Å². The summed E-state index contributed by atoms with van der Waals surface area (Å²) in [5.41, 5.74) is 0. The van der Waals surface area contributed by atoms with Gasteiger partial charge in [0, 0.05) is 6.08 Å². The van der Waals surface area contributed by atoms with E-state index < -0.39 is 0 Å². The number of fused-ring (bicyclic) bond motifs is 1. The van der Waals surface area contributed by atoms with Gasteiger partial charge in [-0.25, -0.2) is 0 Å². The van der Waals surface area contributed by atoms with E-state index >= 15 is 0 Å². The Morgan fingerprint density at radius 3 is 3.00 bits per heavy atom. The van der Waals surface area contributed by atoms with Crippen LogP contribution in [0.1, 0.15) is 13.3 Å². The first-order valence-electron chi connectivity index (χ1n) is 3.84. The van der Waals surface area contributed by atoms with Crippen LogP contribution in [0, 0.1) is 0 Å². The Balaban J connectivity index is 2.07. The van der Waals surface area contributed by atoms with Gasteiger partial charge in [0.15, 0.2) is 12.0 Å². The lowest BCUT2D eigenvalue weighted by atomic mass is 10.2. The molecule has 1 unspecified atom stereocenters. The number of rotatable bonds is 1. The number of β-lactam (4-membered cyclic amide) rings is 1. The standard InChI is InChI=1S/C8H9NO3/c1-5(10)2-6-4-9-7(11)3-8(9)12-6/h2,8H,3-4H2,1H3/b6-2+. The van der Waals surface area contributed by atoms with Crippen molar-refractivity contribution in [3.8, 4) is 0 Å². The van der Waals surface area contributed by atoms with Crippen LogP contribution in [0.5, 0.6) is 0 Å². The summed E-state index contributed by atoms with van der Waals surface area (Å²) in [4.78, 5) is 23.2. The third-order valence-electron chi connectivity index (χ3n) is 2.00. The number of carbonyl (C=O) groups is 2. The molecular formula is C8H9NO3. The highest BCUT2D eigenvalue weighted by Gasteiger charge is 2.43. The van der Waals surface area contributed by atoms with Crippen molar-refractivity contribution < 1.29 is 14.3 Å². The minimum absolute atomic E-state index is 0.0417. The van der Waals surface area contributed by atoms with Gasteiger partial charge in [-0.1, -0.05) is 0 Å². The van der Waals surface area contributed by atoms with Crippen molar-refractivity contribution in [1.29, 1.82) is 0 Å². The zero-order valence-corrected chi connectivity index (χ0v) is 6.74. The molecular weight excluding hydrogens is 158 g/mol. The second-order valence-electron chi connectivity index (χ2n) is 3.02. The molecule has 0 aromatic heterocycles. The van der Waals surface area contributed by atoms with Crippen molar-refractivity contribution in [3.05, 3.63) is 11.8 Å². The highest BCUT2D eigenvalue weighted by molar-refractivity contribution is 5.88. The highest BCUT2D eigenvalue weighted by Crippen LogP contribution is 2.30. The third kappa shape index (κ3) is 0.995. The lowest BCUT2D eigenvalue weighted by Gasteiger charge is -2.30. The number of amides is 1. The molecule has 12 heavy (non-hydrogen) atoms. The maximum absolute atomic E-state index is 10.9. The first-order valence-corrected chi connectivity index (χ1v) is 3.84. The molecule has 2 aliphatic heterocycles. The number of hydrogen-bond donors (Lipinski definition) is 0. The first kappa shape index (κ1) is 7.34. The van der Waals surface area contributed by atoms with E-state index in [-0.39, 0.29) is 17.9 Å². The Morgan fingerprint density at radius 1 is 1.75 bits per heavy atom. The fraction of sp³-hybridized carbons (Fsp3) is 0.500. The second kappa shape index (κ2) is 2.33.